The summed E-state index contributed by atoms with van der Waals surface area (Å²) in [5, 5.41) is 12.3. The molecule has 0 aromatic carbocycles. The van der Waals surface area contributed by atoms with Crippen LogP contribution in [0.25, 0.3) is 0 Å². The predicted octanol–water partition coefficient (Wildman–Crippen LogP) is 0.831. The molecule has 0 saturated carbocycles. The van der Waals surface area contributed by atoms with E-state index in [0.717, 1.165) is 19.5 Å². The highest BCUT2D eigenvalue weighted by Gasteiger charge is 2.22. The Hall–Kier alpha value is -0.120. The molecule has 0 radical (unpaired) electrons. The molecule has 0 bridgehead atoms. The molecule has 1 saturated heterocycles. The van der Waals surface area contributed by atoms with Gasteiger partial charge < -0.3 is 10.4 Å². The minimum atomic E-state index is 0.309. The highest BCUT2D eigenvalue weighted by Crippen LogP contribution is 2.13. The van der Waals surface area contributed by atoms with Crippen LogP contribution < -0.4 is 5.32 Å². The summed E-state index contributed by atoms with van der Waals surface area (Å²) in [5.74, 6) is 0. The van der Waals surface area contributed by atoms with E-state index in [0.29, 0.717) is 18.7 Å². The fourth-order valence-corrected chi connectivity index (χ4v) is 2.23. The Bertz CT molecular complexity index is 144. The van der Waals surface area contributed by atoms with Crippen LogP contribution in [0.4, 0.5) is 0 Å². The topological polar surface area (TPSA) is 35.5 Å². The fraction of sp³-hybridized carbons (Fsp3) is 1.00. The summed E-state index contributed by atoms with van der Waals surface area (Å²) >= 11 is 0. The normalized spacial score (nSPS) is 23.4. The molecular formula is C11H24N2O. The largest absolute Gasteiger partial charge is 0.396 e. The quantitative estimate of drug-likeness (QED) is 0.690. The Morgan fingerprint density at radius 1 is 1.50 bits per heavy atom. The van der Waals surface area contributed by atoms with E-state index in [9.17, 15) is 0 Å². The number of piperidine rings is 1. The second kappa shape index (κ2) is 6.38. The minimum absolute atomic E-state index is 0.309. The first-order valence-electron chi connectivity index (χ1n) is 5.83. The van der Waals surface area contributed by atoms with Gasteiger partial charge in [-0.15, -0.1) is 0 Å². The summed E-state index contributed by atoms with van der Waals surface area (Å²) in [4.78, 5) is 2.52. The molecule has 1 atom stereocenters. The Morgan fingerprint density at radius 2 is 2.29 bits per heavy atom. The molecule has 3 heteroatoms. The van der Waals surface area contributed by atoms with Crippen LogP contribution in [-0.2, 0) is 0 Å². The predicted molar refractivity (Wildman–Crippen MR) is 59.4 cm³/mol. The maximum Gasteiger partial charge on any atom is 0.0443 e. The van der Waals surface area contributed by atoms with E-state index in [-0.39, 0.29) is 0 Å². The van der Waals surface area contributed by atoms with Crippen molar-refractivity contribution in [3.8, 4) is 0 Å². The first kappa shape index (κ1) is 12.0. The van der Waals surface area contributed by atoms with Gasteiger partial charge in [-0.1, -0.05) is 0 Å². The molecule has 84 valence electrons. The monoisotopic (exact) mass is 200 g/mol. The molecule has 1 heterocycles. The molecule has 2 N–H and O–H groups in total. The lowest BCUT2D eigenvalue weighted by molar-refractivity contribution is 0.118. The summed E-state index contributed by atoms with van der Waals surface area (Å²) in [7, 11) is 0. The summed E-state index contributed by atoms with van der Waals surface area (Å²) in [6, 6.07) is 1.27. The number of hydrogen-bond acceptors (Lipinski definition) is 3. The van der Waals surface area contributed by atoms with Crippen LogP contribution in [0.3, 0.4) is 0 Å². The average molecular weight is 200 g/mol. The fourth-order valence-electron chi connectivity index (χ4n) is 2.23. The second-order valence-corrected chi connectivity index (χ2v) is 4.41. The van der Waals surface area contributed by atoms with Crippen molar-refractivity contribution < 1.29 is 5.11 Å². The van der Waals surface area contributed by atoms with Gasteiger partial charge in [-0.05, 0) is 39.7 Å². The van der Waals surface area contributed by atoms with Crippen LogP contribution in [0.1, 0.15) is 33.1 Å². The Labute approximate surface area is 87.5 Å². The first-order valence-corrected chi connectivity index (χ1v) is 5.83. The van der Waals surface area contributed by atoms with E-state index in [4.69, 9.17) is 5.11 Å². The highest BCUT2D eigenvalue weighted by atomic mass is 16.3. The van der Waals surface area contributed by atoms with E-state index in [1.807, 2.05) is 0 Å². The lowest BCUT2D eigenvalue weighted by Gasteiger charge is -2.37. The maximum absolute atomic E-state index is 8.85. The van der Waals surface area contributed by atoms with E-state index in [1.54, 1.807) is 0 Å². The maximum atomic E-state index is 8.85. The number of aliphatic hydroxyl groups excluding tert-OH is 1. The molecule has 1 aliphatic rings. The van der Waals surface area contributed by atoms with E-state index < -0.39 is 0 Å². The van der Waals surface area contributed by atoms with Gasteiger partial charge in [0.15, 0.2) is 0 Å². The molecular weight excluding hydrogens is 176 g/mol. The van der Waals surface area contributed by atoms with Gasteiger partial charge in [-0.25, -0.2) is 0 Å². The van der Waals surface area contributed by atoms with Crippen LogP contribution >= 0.6 is 0 Å². The van der Waals surface area contributed by atoms with Gasteiger partial charge in [0.05, 0.1) is 0 Å². The molecule has 14 heavy (non-hydrogen) atoms. The lowest BCUT2D eigenvalue weighted by atomic mass is 10.0. The van der Waals surface area contributed by atoms with E-state index in [2.05, 4.69) is 24.1 Å². The third kappa shape index (κ3) is 3.56. The van der Waals surface area contributed by atoms with Crippen LogP contribution in [0.2, 0.25) is 0 Å². The SMILES string of the molecule is CC(C)N(CCCO)C1CCCNC1. The molecule has 0 aromatic heterocycles. The van der Waals surface area contributed by atoms with Crippen LogP contribution in [0, 0.1) is 0 Å². The molecule has 1 fully saturated rings. The second-order valence-electron chi connectivity index (χ2n) is 4.41. The molecule has 0 amide bonds. The van der Waals surface area contributed by atoms with Crippen molar-refractivity contribution in [1.29, 1.82) is 0 Å². The van der Waals surface area contributed by atoms with Crippen molar-refractivity contribution in [2.45, 2.75) is 45.2 Å². The zero-order valence-corrected chi connectivity index (χ0v) is 9.50. The Balaban J connectivity index is 2.39. The van der Waals surface area contributed by atoms with Crippen molar-refractivity contribution in [2.75, 3.05) is 26.2 Å². The third-order valence-electron chi connectivity index (χ3n) is 2.98. The molecule has 0 spiro atoms. The van der Waals surface area contributed by atoms with Crippen LogP contribution in [-0.4, -0.2) is 48.3 Å². The molecule has 0 aliphatic carbocycles. The summed E-state index contributed by atoms with van der Waals surface area (Å²) in [6.07, 6.45) is 3.48. The van der Waals surface area contributed by atoms with E-state index in [1.165, 1.54) is 19.4 Å². The smallest absolute Gasteiger partial charge is 0.0443 e. The molecule has 3 nitrogen and oxygen atoms in total. The summed E-state index contributed by atoms with van der Waals surface area (Å²) in [5.41, 5.74) is 0. The third-order valence-corrected chi connectivity index (χ3v) is 2.98. The first-order chi connectivity index (χ1) is 6.75. The number of nitrogens with zero attached hydrogens (tertiary/aromatic N) is 1. The van der Waals surface area contributed by atoms with Gasteiger partial charge in [0, 0.05) is 31.8 Å². The zero-order chi connectivity index (χ0) is 10.4. The number of hydrogen-bond donors (Lipinski definition) is 2. The summed E-state index contributed by atoms with van der Waals surface area (Å²) < 4.78 is 0. The van der Waals surface area contributed by atoms with Gasteiger partial charge in [-0.3, -0.25) is 4.90 Å². The average Bonchev–Trinajstić information content (AvgIpc) is 2.19. The van der Waals surface area contributed by atoms with Gasteiger partial charge in [0.1, 0.15) is 0 Å². The molecule has 1 unspecified atom stereocenters. The molecule has 0 aromatic rings. The van der Waals surface area contributed by atoms with Crippen molar-refractivity contribution in [2.24, 2.45) is 0 Å². The van der Waals surface area contributed by atoms with Gasteiger partial charge >= 0.3 is 0 Å². The lowest BCUT2D eigenvalue weighted by Crippen LogP contribution is -2.49. The number of nitrogens with one attached hydrogen (secondary N) is 1. The molecule has 1 aliphatic heterocycles. The molecule has 1 rings (SSSR count). The van der Waals surface area contributed by atoms with Gasteiger partial charge in [0.25, 0.3) is 0 Å². The van der Waals surface area contributed by atoms with Crippen molar-refractivity contribution >= 4 is 0 Å². The standard InChI is InChI=1S/C11H24N2O/c1-10(2)13(7-4-8-14)11-5-3-6-12-9-11/h10-12,14H,3-9H2,1-2H3. The van der Waals surface area contributed by atoms with Crippen molar-refractivity contribution in [1.82, 2.24) is 10.2 Å². The van der Waals surface area contributed by atoms with Gasteiger partial charge in [0.2, 0.25) is 0 Å². The van der Waals surface area contributed by atoms with Crippen molar-refractivity contribution in [3.63, 3.8) is 0 Å². The minimum Gasteiger partial charge on any atom is -0.396 e. The number of aliphatic hydroxyl groups is 1. The number of rotatable bonds is 5. The van der Waals surface area contributed by atoms with E-state index >= 15 is 0 Å². The zero-order valence-electron chi connectivity index (χ0n) is 9.50. The van der Waals surface area contributed by atoms with Crippen LogP contribution in [0.15, 0.2) is 0 Å². The van der Waals surface area contributed by atoms with Crippen LogP contribution in [0.5, 0.6) is 0 Å². The highest BCUT2D eigenvalue weighted by molar-refractivity contribution is 4.80. The Kier molecular flexibility index (Phi) is 5.45. The van der Waals surface area contributed by atoms with Crippen molar-refractivity contribution in [3.05, 3.63) is 0 Å². The Morgan fingerprint density at radius 3 is 2.79 bits per heavy atom. The van der Waals surface area contributed by atoms with Gasteiger partial charge in [-0.2, -0.15) is 0 Å². The summed E-state index contributed by atoms with van der Waals surface area (Å²) in [6.45, 7) is 8.11.